The molecule has 7 nitrogen and oxygen atoms in total. The van der Waals surface area contributed by atoms with Crippen molar-refractivity contribution in [1.29, 1.82) is 0 Å². The van der Waals surface area contributed by atoms with Crippen LogP contribution in [0.4, 0.5) is 5.82 Å². The molecule has 1 aliphatic rings. The third-order valence-electron chi connectivity index (χ3n) is 5.04. The lowest BCUT2D eigenvalue weighted by Gasteiger charge is -2.32. The minimum absolute atomic E-state index is 0.0784. The third kappa shape index (κ3) is 2.07. The second-order valence-corrected chi connectivity index (χ2v) is 6.42. The van der Waals surface area contributed by atoms with Crippen molar-refractivity contribution >= 4 is 16.7 Å². The highest BCUT2D eigenvalue weighted by atomic mass is 16.1. The Hall–Kier alpha value is -2.57. The van der Waals surface area contributed by atoms with Crippen LogP contribution in [0.15, 0.2) is 23.3 Å². The molecule has 0 saturated heterocycles. The summed E-state index contributed by atoms with van der Waals surface area (Å²) in [4.78, 5) is 12.9. The van der Waals surface area contributed by atoms with Crippen molar-refractivity contribution in [1.82, 2.24) is 24.5 Å². The normalized spacial score (nSPS) is 16.6. The van der Waals surface area contributed by atoms with E-state index in [1.165, 1.54) is 19.3 Å². The van der Waals surface area contributed by atoms with Crippen LogP contribution in [0.5, 0.6) is 0 Å². The van der Waals surface area contributed by atoms with E-state index in [2.05, 4.69) is 22.2 Å². The molecule has 1 fully saturated rings. The summed E-state index contributed by atoms with van der Waals surface area (Å²) in [5, 5.41) is 11.8. The minimum atomic E-state index is -0.0784. The molecule has 1 atom stereocenters. The largest absolute Gasteiger partial charge is 0.382 e. The van der Waals surface area contributed by atoms with Gasteiger partial charge in [-0.25, -0.2) is 0 Å². The van der Waals surface area contributed by atoms with Gasteiger partial charge in [0, 0.05) is 31.0 Å². The lowest BCUT2D eigenvalue weighted by molar-refractivity contribution is 0.220. The first-order chi connectivity index (χ1) is 11.1. The van der Waals surface area contributed by atoms with Gasteiger partial charge in [-0.15, -0.1) is 0 Å². The molecule has 0 bridgehead atoms. The van der Waals surface area contributed by atoms with Gasteiger partial charge in [-0.1, -0.05) is 6.42 Å². The quantitative estimate of drug-likeness (QED) is 0.774. The molecule has 1 saturated carbocycles. The van der Waals surface area contributed by atoms with E-state index in [-0.39, 0.29) is 17.4 Å². The molecule has 3 aromatic rings. The van der Waals surface area contributed by atoms with Crippen molar-refractivity contribution in [3.05, 3.63) is 28.8 Å². The van der Waals surface area contributed by atoms with E-state index in [0.717, 1.165) is 11.3 Å². The minimum Gasteiger partial charge on any atom is -0.382 e. The van der Waals surface area contributed by atoms with Crippen LogP contribution in [0.25, 0.3) is 22.2 Å². The van der Waals surface area contributed by atoms with E-state index in [0.29, 0.717) is 16.8 Å². The van der Waals surface area contributed by atoms with Crippen LogP contribution in [0, 0.1) is 5.92 Å². The zero-order chi connectivity index (χ0) is 16.1. The van der Waals surface area contributed by atoms with Crippen LogP contribution in [0.1, 0.15) is 32.2 Å². The number of H-pyrrole nitrogens is 1. The van der Waals surface area contributed by atoms with Gasteiger partial charge < -0.3 is 10.3 Å². The van der Waals surface area contributed by atoms with Gasteiger partial charge in [0.2, 0.25) is 0 Å². The number of anilines is 1. The lowest BCUT2D eigenvalue weighted by Crippen LogP contribution is -2.31. The molecule has 3 aromatic heterocycles. The summed E-state index contributed by atoms with van der Waals surface area (Å²) in [6.45, 7) is 2.11. The van der Waals surface area contributed by atoms with Gasteiger partial charge >= 0.3 is 0 Å². The summed E-state index contributed by atoms with van der Waals surface area (Å²) in [5.41, 5.74) is 8.18. The van der Waals surface area contributed by atoms with E-state index in [4.69, 9.17) is 5.73 Å². The van der Waals surface area contributed by atoms with Gasteiger partial charge in [-0.3, -0.25) is 14.6 Å². The maximum atomic E-state index is 12.9. The first-order valence-corrected chi connectivity index (χ1v) is 7.95. The summed E-state index contributed by atoms with van der Waals surface area (Å²) in [5.74, 6) is 0.798. The highest BCUT2D eigenvalue weighted by Crippen LogP contribution is 2.36. The molecular weight excluding hydrogens is 292 g/mol. The highest BCUT2D eigenvalue weighted by molar-refractivity contribution is 5.97. The van der Waals surface area contributed by atoms with Crippen molar-refractivity contribution in [2.75, 3.05) is 5.73 Å². The number of fused-ring (bicyclic) bond motifs is 1. The topological polar surface area (TPSA) is 94.5 Å². The van der Waals surface area contributed by atoms with Gasteiger partial charge in [0.15, 0.2) is 5.82 Å². The maximum Gasteiger partial charge on any atom is 0.264 e. The van der Waals surface area contributed by atoms with E-state index in [9.17, 15) is 4.79 Å². The Kier molecular flexibility index (Phi) is 3.04. The molecule has 3 N–H and O–H groups in total. The Balaban J connectivity index is 1.98. The molecule has 0 amide bonds. The van der Waals surface area contributed by atoms with Crippen molar-refractivity contribution in [2.45, 2.75) is 32.2 Å². The van der Waals surface area contributed by atoms with Crippen LogP contribution in [0.3, 0.4) is 0 Å². The number of pyridine rings is 1. The fraction of sp³-hybridized carbons (Fsp3) is 0.438. The molecule has 0 aromatic carbocycles. The molecular formula is C16H20N6O. The monoisotopic (exact) mass is 312 g/mol. The average Bonchev–Trinajstić information content (AvgIpc) is 3.04. The summed E-state index contributed by atoms with van der Waals surface area (Å²) >= 11 is 0. The predicted octanol–water partition coefficient (Wildman–Crippen LogP) is 2.07. The number of hydrogen-bond donors (Lipinski definition) is 2. The van der Waals surface area contributed by atoms with Gasteiger partial charge in [0.1, 0.15) is 5.39 Å². The molecule has 23 heavy (non-hydrogen) atoms. The van der Waals surface area contributed by atoms with Gasteiger partial charge in [0.25, 0.3) is 5.56 Å². The van der Waals surface area contributed by atoms with Gasteiger partial charge in [-0.2, -0.15) is 10.2 Å². The second-order valence-electron chi connectivity index (χ2n) is 6.42. The Morgan fingerprint density at radius 1 is 1.43 bits per heavy atom. The van der Waals surface area contributed by atoms with E-state index >= 15 is 0 Å². The molecule has 4 rings (SSSR count). The molecule has 0 spiro atoms. The van der Waals surface area contributed by atoms with Crippen molar-refractivity contribution in [3.63, 3.8) is 0 Å². The first kappa shape index (κ1) is 14.0. The van der Waals surface area contributed by atoms with Gasteiger partial charge in [-0.05, 0) is 31.7 Å². The van der Waals surface area contributed by atoms with Crippen LogP contribution in [-0.4, -0.2) is 24.5 Å². The van der Waals surface area contributed by atoms with E-state index in [1.54, 1.807) is 4.68 Å². The molecule has 1 unspecified atom stereocenters. The average molecular weight is 312 g/mol. The number of nitrogens with zero attached hydrogens (tertiary/aromatic N) is 4. The van der Waals surface area contributed by atoms with E-state index in [1.807, 2.05) is 30.1 Å². The number of nitrogens with one attached hydrogen (secondary N) is 1. The Morgan fingerprint density at radius 3 is 2.83 bits per heavy atom. The second kappa shape index (κ2) is 4.97. The predicted molar refractivity (Wildman–Crippen MR) is 89.0 cm³/mol. The number of nitrogens with two attached hydrogens (primary N) is 1. The van der Waals surface area contributed by atoms with Crippen molar-refractivity contribution in [3.8, 4) is 11.3 Å². The van der Waals surface area contributed by atoms with Crippen LogP contribution < -0.4 is 11.3 Å². The van der Waals surface area contributed by atoms with E-state index < -0.39 is 0 Å². The van der Waals surface area contributed by atoms with Crippen LogP contribution in [0.2, 0.25) is 0 Å². The zero-order valence-corrected chi connectivity index (χ0v) is 13.3. The summed E-state index contributed by atoms with van der Waals surface area (Å²) < 4.78 is 3.55. The number of aryl methyl sites for hydroxylation is 1. The van der Waals surface area contributed by atoms with Gasteiger partial charge in [0.05, 0.1) is 11.2 Å². The smallest absolute Gasteiger partial charge is 0.264 e. The number of hydrogen-bond acceptors (Lipinski definition) is 4. The Bertz CT molecular complexity index is 930. The molecule has 0 aliphatic heterocycles. The number of nitrogen functional groups attached to an aromatic ring is 1. The van der Waals surface area contributed by atoms with Crippen LogP contribution >= 0.6 is 0 Å². The highest BCUT2D eigenvalue weighted by Gasteiger charge is 2.27. The third-order valence-corrected chi connectivity index (χ3v) is 5.04. The maximum absolute atomic E-state index is 12.9. The molecule has 0 radical (unpaired) electrons. The summed E-state index contributed by atoms with van der Waals surface area (Å²) in [6, 6.07) is 2.08. The van der Waals surface area contributed by atoms with Crippen LogP contribution in [-0.2, 0) is 7.05 Å². The fourth-order valence-corrected chi connectivity index (χ4v) is 3.36. The van der Waals surface area contributed by atoms with Crippen molar-refractivity contribution < 1.29 is 0 Å². The zero-order valence-electron chi connectivity index (χ0n) is 13.3. The SMILES string of the molecule is CC(C1CCC1)n1cc(-c2ccn(C)n2)c2[nH]nc(N)c2c1=O. The molecule has 1 aliphatic carbocycles. The number of aromatic nitrogens is 5. The fourth-order valence-electron chi connectivity index (χ4n) is 3.36. The lowest BCUT2D eigenvalue weighted by atomic mass is 9.80. The molecule has 3 heterocycles. The summed E-state index contributed by atoms with van der Waals surface area (Å²) in [7, 11) is 1.87. The number of rotatable bonds is 3. The van der Waals surface area contributed by atoms with Crippen molar-refractivity contribution in [2.24, 2.45) is 13.0 Å². The molecule has 7 heteroatoms. The number of aromatic amines is 1. The Morgan fingerprint density at radius 2 is 2.22 bits per heavy atom. The summed E-state index contributed by atoms with van der Waals surface area (Å²) in [6.07, 6.45) is 7.36. The standard InChI is InChI=1S/C16H20N6O/c1-9(10-4-3-5-10)22-8-11(12-6-7-21(2)20-12)14-13(16(22)23)15(17)19-18-14/h6-10H,3-5H2,1-2H3,(H3,17,18,19). The Labute approximate surface area is 133 Å². The first-order valence-electron chi connectivity index (χ1n) is 7.95. The molecule has 120 valence electrons.